The van der Waals surface area contributed by atoms with Crippen LogP contribution in [0.3, 0.4) is 0 Å². The predicted octanol–water partition coefficient (Wildman–Crippen LogP) is 3.80. The van der Waals surface area contributed by atoms with E-state index < -0.39 is 0 Å². The summed E-state index contributed by atoms with van der Waals surface area (Å²) in [6, 6.07) is 17.2. The molecular formula is C21H20N4O3S2. The number of rotatable bonds is 7. The van der Waals surface area contributed by atoms with E-state index in [2.05, 4.69) is 15.5 Å². The van der Waals surface area contributed by atoms with Gasteiger partial charge in [0.1, 0.15) is 10.8 Å². The number of nitrogens with zero attached hydrogens (tertiary/aromatic N) is 3. The minimum atomic E-state index is -0.131. The van der Waals surface area contributed by atoms with Crippen molar-refractivity contribution < 1.29 is 14.3 Å². The zero-order chi connectivity index (χ0) is 20.9. The number of hydrogen-bond acceptors (Lipinski definition) is 7. The van der Waals surface area contributed by atoms with E-state index >= 15 is 0 Å². The summed E-state index contributed by atoms with van der Waals surface area (Å²) in [5.41, 5.74) is 0.833. The molecule has 0 saturated carbocycles. The van der Waals surface area contributed by atoms with Gasteiger partial charge in [0.05, 0.1) is 12.9 Å². The molecule has 4 rings (SSSR count). The molecule has 2 amide bonds. The fourth-order valence-corrected chi connectivity index (χ4v) is 4.73. The SMILES string of the molecule is COc1ccc(N2CC(c3nnc(NC(=O)CSc4ccccc4)s3)CC2=O)cc1. The van der Waals surface area contributed by atoms with Crippen molar-refractivity contribution in [2.75, 3.05) is 29.6 Å². The van der Waals surface area contributed by atoms with Crippen molar-refractivity contribution in [1.29, 1.82) is 0 Å². The van der Waals surface area contributed by atoms with Gasteiger partial charge in [0.25, 0.3) is 0 Å². The van der Waals surface area contributed by atoms with Gasteiger partial charge in [0.2, 0.25) is 16.9 Å². The van der Waals surface area contributed by atoms with Crippen LogP contribution in [0.4, 0.5) is 10.8 Å². The van der Waals surface area contributed by atoms with Gasteiger partial charge in [-0.05, 0) is 36.4 Å². The van der Waals surface area contributed by atoms with Gasteiger partial charge in [-0.25, -0.2) is 0 Å². The lowest BCUT2D eigenvalue weighted by molar-refractivity contribution is -0.117. The quantitative estimate of drug-likeness (QED) is 0.563. The van der Waals surface area contributed by atoms with E-state index in [0.717, 1.165) is 21.3 Å². The predicted molar refractivity (Wildman–Crippen MR) is 118 cm³/mol. The lowest BCUT2D eigenvalue weighted by Gasteiger charge is -2.16. The number of methoxy groups -OCH3 is 1. The molecule has 7 nitrogen and oxygen atoms in total. The van der Waals surface area contributed by atoms with Gasteiger partial charge in [-0.2, -0.15) is 0 Å². The Balaban J connectivity index is 1.34. The molecule has 1 saturated heterocycles. The molecule has 0 radical (unpaired) electrons. The maximum Gasteiger partial charge on any atom is 0.236 e. The summed E-state index contributed by atoms with van der Waals surface area (Å²) < 4.78 is 5.17. The Labute approximate surface area is 182 Å². The maximum atomic E-state index is 12.5. The van der Waals surface area contributed by atoms with E-state index in [1.165, 1.54) is 23.1 Å². The first-order valence-corrected chi connectivity index (χ1v) is 11.2. The highest BCUT2D eigenvalue weighted by Crippen LogP contribution is 2.34. The molecule has 154 valence electrons. The Kier molecular flexibility index (Phi) is 6.29. The van der Waals surface area contributed by atoms with Crippen molar-refractivity contribution in [2.45, 2.75) is 17.2 Å². The molecule has 3 aromatic rings. The lowest BCUT2D eigenvalue weighted by atomic mass is 10.1. The number of ether oxygens (including phenoxy) is 1. The molecule has 1 fully saturated rings. The van der Waals surface area contributed by atoms with E-state index in [1.807, 2.05) is 54.6 Å². The second-order valence-corrected chi connectivity index (χ2v) is 8.76. The van der Waals surface area contributed by atoms with Gasteiger partial charge in [0, 0.05) is 29.5 Å². The van der Waals surface area contributed by atoms with E-state index in [4.69, 9.17) is 4.74 Å². The molecule has 9 heteroatoms. The number of nitrogens with one attached hydrogen (secondary N) is 1. The first-order valence-electron chi connectivity index (χ1n) is 9.38. The van der Waals surface area contributed by atoms with E-state index in [0.29, 0.717) is 23.8 Å². The molecule has 2 heterocycles. The van der Waals surface area contributed by atoms with Crippen molar-refractivity contribution in [3.8, 4) is 5.75 Å². The molecule has 1 atom stereocenters. The monoisotopic (exact) mass is 440 g/mol. The van der Waals surface area contributed by atoms with Gasteiger partial charge < -0.3 is 9.64 Å². The Bertz CT molecular complexity index is 1020. The van der Waals surface area contributed by atoms with Crippen LogP contribution in [0.1, 0.15) is 17.3 Å². The minimum Gasteiger partial charge on any atom is -0.497 e. The summed E-state index contributed by atoms with van der Waals surface area (Å²) in [6.07, 6.45) is 0.373. The Morgan fingerprint density at radius 1 is 1.20 bits per heavy atom. The van der Waals surface area contributed by atoms with Gasteiger partial charge in [-0.1, -0.05) is 29.5 Å². The number of carbonyl (C=O) groups excluding carboxylic acids is 2. The van der Waals surface area contributed by atoms with Crippen LogP contribution in [0, 0.1) is 0 Å². The van der Waals surface area contributed by atoms with Crippen molar-refractivity contribution in [1.82, 2.24) is 10.2 Å². The van der Waals surface area contributed by atoms with Crippen molar-refractivity contribution in [3.05, 3.63) is 59.6 Å². The number of amides is 2. The van der Waals surface area contributed by atoms with Crippen molar-refractivity contribution in [2.24, 2.45) is 0 Å². The molecule has 1 N–H and O–H groups in total. The topological polar surface area (TPSA) is 84.4 Å². The largest absolute Gasteiger partial charge is 0.497 e. The normalized spacial score (nSPS) is 16.0. The van der Waals surface area contributed by atoms with Crippen LogP contribution < -0.4 is 15.0 Å². The zero-order valence-corrected chi connectivity index (χ0v) is 17.9. The maximum absolute atomic E-state index is 12.5. The van der Waals surface area contributed by atoms with Crippen LogP contribution in [-0.4, -0.2) is 41.4 Å². The number of benzene rings is 2. The van der Waals surface area contributed by atoms with Crippen LogP contribution in [-0.2, 0) is 9.59 Å². The lowest BCUT2D eigenvalue weighted by Crippen LogP contribution is -2.24. The summed E-state index contributed by atoms with van der Waals surface area (Å²) >= 11 is 2.79. The summed E-state index contributed by atoms with van der Waals surface area (Å²) in [7, 11) is 1.61. The molecule has 0 spiro atoms. The molecule has 30 heavy (non-hydrogen) atoms. The molecule has 1 aliphatic heterocycles. The second-order valence-electron chi connectivity index (χ2n) is 6.70. The number of anilines is 2. The highest BCUT2D eigenvalue weighted by molar-refractivity contribution is 8.00. The Morgan fingerprint density at radius 3 is 2.70 bits per heavy atom. The highest BCUT2D eigenvalue weighted by atomic mass is 32.2. The van der Waals surface area contributed by atoms with Gasteiger partial charge in [-0.15, -0.1) is 22.0 Å². The molecule has 1 aliphatic rings. The summed E-state index contributed by atoms with van der Waals surface area (Å²) in [4.78, 5) is 27.5. The van der Waals surface area contributed by atoms with E-state index in [-0.39, 0.29) is 17.7 Å². The van der Waals surface area contributed by atoms with Crippen LogP contribution in [0.5, 0.6) is 5.75 Å². The molecule has 0 bridgehead atoms. The fourth-order valence-electron chi connectivity index (χ4n) is 3.16. The van der Waals surface area contributed by atoms with E-state index in [1.54, 1.807) is 12.0 Å². The highest BCUT2D eigenvalue weighted by Gasteiger charge is 2.34. The minimum absolute atomic E-state index is 0.0403. The van der Waals surface area contributed by atoms with Crippen LogP contribution in [0.15, 0.2) is 59.5 Å². The van der Waals surface area contributed by atoms with Crippen molar-refractivity contribution in [3.63, 3.8) is 0 Å². The van der Waals surface area contributed by atoms with E-state index in [9.17, 15) is 9.59 Å². The molecule has 2 aromatic carbocycles. The average molecular weight is 441 g/mol. The van der Waals surface area contributed by atoms with Crippen LogP contribution in [0.2, 0.25) is 0 Å². The second kappa shape index (κ2) is 9.27. The summed E-state index contributed by atoms with van der Waals surface area (Å²) in [5, 5.41) is 12.3. The van der Waals surface area contributed by atoms with Crippen molar-refractivity contribution >= 4 is 45.7 Å². The Morgan fingerprint density at radius 2 is 1.97 bits per heavy atom. The fraction of sp³-hybridized carbons (Fsp3) is 0.238. The summed E-state index contributed by atoms with van der Waals surface area (Å²) in [6.45, 7) is 0.539. The smallest absolute Gasteiger partial charge is 0.236 e. The number of aromatic nitrogens is 2. The van der Waals surface area contributed by atoms with Gasteiger partial charge in [0.15, 0.2) is 0 Å². The first-order chi connectivity index (χ1) is 14.6. The van der Waals surface area contributed by atoms with Gasteiger partial charge in [-0.3, -0.25) is 14.9 Å². The third kappa shape index (κ3) is 4.80. The molecule has 0 aliphatic carbocycles. The number of hydrogen-bond donors (Lipinski definition) is 1. The number of thioether (sulfide) groups is 1. The van der Waals surface area contributed by atoms with Gasteiger partial charge >= 0.3 is 0 Å². The average Bonchev–Trinajstić information content (AvgIpc) is 3.39. The van der Waals surface area contributed by atoms with Crippen LogP contribution in [0.25, 0.3) is 0 Å². The third-order valence-corrected chi connectivity index (χ3v) is 6.67. The first kappa shape index (κ1) is 20.4. The standard InChI is InChI=1S/C21H20N4O3S2/c1-28-16-9-7-15(8-10-16)25-12-14(11-19(25)27)20-23-24-21(30-20)22-18(26)13-29-17-5-3-2-4-6-17/h2-10,14H,11-13H2,1H3,(H,22,24,26). The van der Waals surface area contributed by atoms with Crippen LogP contribution >= 0.6 is 23.1 Å². The Hall–Kier alpha value is -2.91. The summed E-state index contributed by atoms with van der Waals surface area (Å²) in [5.74, 6) is 0.920. The zero-order valence-electron chi connectivity index (χ0n) is 16.3. The molecular weight excluding hydrogens is 420 g/mol. The number of carbonyl (C=O) groups is 2. The third-order valence-electron chi connectivity index (χ3n) is 4.66. The molecule has 1 unspecified atom stereocenters. The molecule has 1 aromatic heterocycles.